The Morgan fingerprint density at radius 3 is 2.17 bits per heavy atom. The Balaban J connectivity index is 1.71. The first-order chi connectivity index (χ1) is 18.8. The van der Waals surface area contributed by atoms with E-state index in [4.69, 9.17) is 9.47 Å². The minimum absolute atomic E-state index is 0.0890. The van der Waals surface area contributed by atoms with Crippen LogP contribution in [0.3, 0.4) is 0 Å². The van der Waals surface area contributed by atoms with Crippen LogP contribution in [-0.4, -0.2) is 72.0 Å². The van der Waals surface area contributed by atoms with Crippen molar-refractivity contribution < 1.29 is 32.5 Å². The van der Waals surface area contributed by atoms with E-state index in [1.165, 1.54) is 7.11 Å². The van der Waals surface area contributed by atoms with Crippen molar-refractivity contribution >= 4 is 6.09 Å². The van der Waals surface area contributed by atoms with E-state index in [9.17, 15) is 23.1 Å². The van der Waals surface area contributed by atoms with Crippen LogP contribution in [0.1, 0.15) is 69.9 Å². The summed E-state index contributed by atoms with van der Waals surface area (Å²) < 4.78 is 54.7. The molecule has 0 aromatic heterocycles. The lowest BCUT2D eigenvalue weighted by atomic mass is 9.71. The number of alkyl halides is 3. The minimum atomic E-state index is -4.63. The van der Waals surface area contributed by atoms with Gasteiger partial charge >= 0.3 is 12.3 Å². The van der Waals surface area contributed by atoms with Gasteiger partial charge in [-0.3, -0.25) is 4.90 Å². The first-order valence-electron chi connectivity index (χ1n) is 14.1. The molecule has 2 aliphatic rings. The molecule has 1 aliphatic carbocycles. The van der Waals surface area contributed by atoms with Crippen molar-refractivity contribution in [3.63, 3.8) is 0 Å². The molecule has 40 heavy (non-hydrogen) atoms. The fourth-order valence-corrected chi connectivity index (χ4v) is 5.91. The van der Waals surface area contributed by atoms with Gasteiger partial charge in [0.2, 0.25) is 0 Å². The summed E-state index contributed by atoms with van der Waals surface area (Å²) in [6, 6.07) is 11.9. The third-order valence-corrected chi connectivity index (χ3v) is 7.97. The van der Waals surface area contributed by atoms with E-state index in [0.29, 0.717) is 44.6 Å². The Kier molecular flexibility index (Phi) is 9.05. The third-order valence-electron chi connectivity index (χ3n) is 7.97. The average molecular weight is 563 g/mol. The molecule has 2 aromatic carbocycles. The van der Waals surface area contributed by atoms with Crippen molar-refractivity contribution in [2.75, 3.05) is 39.8 Å². The molecule has 1 saturated carbocycles. The standard InChI is InChI=1S/C31H41F3N2O4/c1-29(2,3)40-28(37)36-17-15-35(16-18-36)21-26(30(38)13-9-6-10-14-30)24-19-23(22-11-7-5-8-12-22)27(39-4)20-25(24)31(32,33)34/h5,7-8,11-12,19-20,26,38H,6,9-10,13-18,21H2,1-4H3. The Morgan fingerprint density at radius 1 is 1.00 bits per heavy atom. The Labute approximate surface area is 235 Å². The Morgan fingerprint density at radius 2 is 1.62 bits per heavy atom. The predicted molar refractivity (Wildman–Crippen MR) is 148 cm³/mol. The molecule has 9 heteroatoms. The van der Waals surface area contributed by atoms with Crippen LogP contribution in [0.4, 0.5) is 18.0 Å². The quantitative estimate of drug-likeness (QED) is 0.424. The van der Waals surface area contributed by atoms with Gasteiger partial charge in [0.25, 0.3) is 0 Å². The molecule has 1 atom stereocenters. The summed E-state index contributed by atoms with van der Waals surface area (Å²) in [5.41, 5.74) is -1.27. The van der Waals surface area contributed by atoms with Crippen molar-refractivity contribution in [3.05, 3.63) is 53.6 Å². The first kappa shape index (κ1) is 30.2. The number of piperazine rings is 1. The molecule has 4 rings (SSSR count). The van der Waals surface area contributed by atoms with E-state index in [2.05, 4.69) is 4.90 Å². The second-order valence-corrected chi connectivity index (χ2v) is 12.0. The van der Waals surface area contributed by atoms with Gasteiger partial charge in [-0.1, -0.05) is 49.6 Å². The van der Waals surface area contributed by atoms with E-state index in [1.807, 2.05) is 51.1 Å². The van der Waals surface area contributed by atoms with Crippen molar-refractivity contribution in [1.82, 2.24) is 9.80 Å². The van der Waals surface area contributed by atoms with Crippen molar-refractivity contribution in [2.45, 2.75) is 76.2 Å². The van der Waals surface area contributed by atoms with Crippen LogP contribution in [0, 0.1) is 0 Å². The number of carbonyl (C=O) groups excluding carboxylic acids is 1. The third kappa shape index (κ3) is 7.10. The average Bonchev–Trinajstić information content (AvgIpc) is 2.90. The van der Waals surface area contributed by atoms with Crippen LogP contribution < -0.4 is 4.74 Å². The number of ether oxygens (including phenoxy) is 2. The summed E-state index contributed by atoms with van der Waals surface area (Å²) in [6.07, 6.45) is -1.65. The molecule has 1 amide bonds. The lowest BCUT2D eigenvalue weighted by Crippen LogP contribution is -2.53. The largest absolute Gasteiger partial charge is 0.496 e. The predicted octanol–water partition coefficient (Wildman–Crippen LogP) is 6.71. The van der Waals surface area contributed by atoms with Gasteiger partial charge in [-0.05, 0) is 56.9 Å². The number of aliphatic hydroxyl groups is 1. The maximum Gasteiger partial charge on any atom is 0.416 e. The Hall–Kier alpha value is -2.78. The SMILES string of the molecule is COc1cc(C(F)(F)F)c(C(CN2CCN(C(=O)OC(C)(C)C)CC2)C2(O)CCCCC2)cc1-c1ccccc1. The molecule has 1 heterocycles. The van der Waals surface area contributed by atoms with E-state index >= 15 is 0 Å². The van der Waals surface area contributed by atoms with Crippen molar-refractivity contribution in [3.8, 4) is 16.9 Å². The topological polar surface area (TPSA) is 62.2 Å². The molecule has 0 spiro atoms. The van der Waals surface area contributed by atoms with Gasteiger partial charge in [0.05, 0.1) is 18.3 Å². The van der Waals surface area contributed by atoms with E-state index in [0.717, 1.165) is 30.9 Å². The summed E-state index contributed by atoms with van der Waals surface area (Å²) in [5, 5.41) is 12.0. The van der Waals surface area contributed by atoms with Gasteiger partial charge in [-0.15, -0.1) is 0 Å². The highest BCUT2D eigenvalue weighted by Crippen LogP contribution is 2.48. The zero-order chi connectivity index (χ0) is 29.1. The maximum atomic E-state index is 14.6. The van der Waals surface area contributed by atoms with Crippen LogP contribution in [0.5, 0.6) is 5.75 Å². The monoisotopic (exact) mass is 562 g/mol. The number of benzene rings is 2. The van der Waals surface area contributed by atoms with Crippen LogP contribution in [-0.2, 0) is 10.9 Å². The normalized spacial score (nSPS) is 19.2. The van der Waals surface area contributed by atoms with Crippen LogP contribution in [0.15, 0.2) is 42.5 Å². The van der Waals surface area contributed by atoms with Crippen LogP contribution in [0.2, 0.25) is 0 Å². The van der Waals surface area contributed by atoms with Crippen molar-refractivity contribution in [1.29, 1.82) is 0 Å². The smallest absolute Gasteiger partial charge is 0.416 e. The highest BCUT2D eigenvalue weighted by Gasteiger charge is 2.45. The summed E-state index contributed by atoms with van der Waals surface area (Å²) >= 11 is 0. The van der Waals surface area contributed by atoms with Gasteiger partial charge in [0, 0.05) is 44.2 Å². The van der Waals surface area contributed by atoms with Crippen molar-refractivity contribution in [2.24, 2.45) is 0 Å². The number of halogens is 3. The Bertz CT molecular complexity index is 1150. The number of amides is 1. The maximum absolute atomic E-state index is 14.6. The number of hydrogen-bond acceptors (Lipinski definition) is 5. The summed E-state index contributed by atoms with van der Waals surface area (Å²) in [7, 11) is 1.37. The highest BCUT2D eigenvalue weighted by atomic mass is 19.4. The van der Waals surface area contributed by atoms with Gasteiger partial charge in [-0.2, -0.15) is 13.2 Å². The number of hydrogen-bond donors (Lipinski definition) is 1. The molecule has 2 fully saturated rings. The summed E-state index contributed by atoms with van der Waals surface area (Å²) in [4.78, 5) is 16.3. The van der Waals surface area contributed by atoms with Gasteiger partial charge in [0.1, 0.15) is 11.4 Å². The van der Waals surface area contributed by atoms with E-state index < -0.39 is 35.0 Å². The van der Waals surface area contributed by atoms with E-state index in [-0.39, 0.29) is 17.9 Å². The zero-order valence-electron chi connectivity index (χ0n) is 23.9. The molecular weight excluding hydrogens is 521 g/mol. The van der Waals surface area contributed by atoms with Gasteiger partial charge in [0.15, 0.2) is 0 Å². The second kappa shape index (κ2) is 12.0. The van der Waals surface area contributed by atoms with Gasteiger partial charge < -0.3 is 19.5 Å². The second-order valence-electron chi connectivity index (χ2n) is 12.0. The number of nitrogens with zero attached hydrogens (tertiary/aromatic N) is 2. The van der Waals surface area contributed by atoms with Crippen LogP contribution in [0.25, 0.3) is 11.1 Å². The van der Waals surface area contributed by atoms with Gasteiger partial charge in [-0.25, -0.2) is 4.79 Å². The molecule has 220 valence electrons. The lowest BCUT2D eigenvalue weighted by Gasteiger charge is -2.44. The molecule has 1 unspecified atom stereocenters. The highest BCUT2D eigenvalue weighted by molar-refractivity contribution is 5.73. The molecule has 1 saturated heterocycles. The number of methoxy groups -OCH3 is 1. The fraction of sp³-hybridized carbons (Fsp3) is 0.581. The van der Waals surface area contributed by atoms with E-state index in [1.54, 1.807) is 11.0 Å². The molecule has 0 bridgehead atoms. The zero-order valence-corrected chi connectivity index (χ0v) is 23.9. The number of rotatable bonds is 6. The molecule has 1 aliphatic heterocycles. The molecule has 6 nitrogen and oxygen atoms in total. The minimum Gasteiger partial charge on any atom is -0.496 e. The molecular formula is C31H41F3N2O4. The first-order valence-corrected chi connectivity index (χ1v) is 14.1. The molecule has 1 N–H and O–H groups in total. The summed E-state index contributed by atoms with van der Waals surface area (Å²) in [6.45, 7) is 7.47. The summed E-state index contributed by atoms with van der Waals surface area (Å²) in [5.74, 6) is -0.631. The molecule has 0 radical (unpaired) electrons. The van der Waals surface area contributed by atoms with Crippen LogP contribution >= 0.6 is 0 Å². The lowest BCUT2D eigenvalue weighted by molar-refractivity contribution is -0.139. The fourth-order valence-electron chi connectivity index (χ4n) is 5.91. The molecule has 2 aromatic rings. The number of carbonyl (C=O) groups is 1.